The zero-order valence-corrected chi connectivity index (χ0v) is 20.0. The second-order valence-electron chi connectivity index (χ2n) is 9.10. The summed E-state index contributed by atoms with van der Waals surface area (Å²) in [7, 11) is 1.66. The topological polar surface area (TPSA) is 80.6 Å². The van der Waals surface area contributed by atoms with Crippen LogP contribution in [0.15, 0.2) is 30.5 Å². The van der Waals surface area contributed by atoms with Gasteiger partial charge in [0.05, 0.1) is 24.8 Å². The maximum atomic E-state index is 13.8. The number of carbonyl (C=O) groups is 2. The predicted octanol–water partition coefficient (Wildman–Crippen LogP) is 3.44. The van der Waals surface area contributed by atoms with E-state index >= 15 is 0 Å². The molecule has 2 amide bonds. The highest BCUT2D eigenvalue weighted by Gasteiger charge is 2.45. The van der Waals surface area contributed by atoms with Gasteiger partial charge in [-0.25, -0.2) is 4.68 Å². The van der Waals surface area contributed by atoms with E-state index in [0.29, 0.717) is 31.9 Å². The Hall–Kier alpha value is -2.90. The average molecular weight is 454 g/mol. The molecule has 2 aliphatic rings. The number of hydrogen-bond donors (Lipinski definition) is 0. The van der Waals surface area contributed by atoms with Crippen molar-refractivity contribution in [3.63, 3.8) is 0 Å². The lowest BCUT2D eigenvalue weighted by molar-refractivity contribution is -0.138. The number of ether oxygens (including phenoxy) is 1. The lowest BCUT2D eigenvalue weighted by Crippen LogP contribution is -2.48. The Morgan fingerprint density at radius 3 is 2.30 bits per heavy atom. The molecule has 0 N–H and O–H groups in total. The monoisotopic (exact) mass is 453 g/mol. The minimum absolute atomic E-state index is 0.0819. The van der Waals surface area contributed by atoms with E-state index in [1.807, 2.05) is 35.6 Å². The van der Waals surface area contributed by atoms with Crippen molar-refractivity contribution < 1.29 is 14.3 Å². The number of nitrogens with zero attached hydrogens (tertiary/aromatic N) is 5. The first-order chi connectivity index (χ1) is 16.0. The fourth-order valence-corrected chi connectivity index (χ4v) is 5.38. The van der Waals surface area contributed by atoms with E-state index in [9.17, 15) is 9.59 Å². The molecule has 4 rings (SSSR count). The molecule has 1 aromatic carbocycles. The maximum absolute atomic E-state index is 13.8. The molecular formula is C25H35N5O3. The molecule has 2 heterocycles. The van der Waals surface area contributed by atoms with E-state index in [-0.39, 0.29) is 17.9 Å². The van der Waals surface area contributed by atoms with Gasteiger partial charge >= 0.3 is 0 Å². The van der Waals surface area contributed by atoms with Crippen molar-refractivity contribution in [2.45, 2.75) is 63.8 Å². The third kappa shape index (κ3) is 4.48. The van der Waals surface area contributed by atoms with Crippen LogP contribution in [0.25, 0.3) is 0 Å². The second kappa shape index (κ2) is 9.93. The molecule has 1 saturated carbocycles. The first kappa shape index (κ1) is 23.3. The number of benzene rings is 1. The lowest BCUT2D eigenvalue weighted by Gasteiger charge is -2.38. The minimum atomic E-state index is -0.421. The first-order valence-electron chi connectivity index (χ1n) is 12.2. The van der Waals surface area contributed by atoms with Gasteiger partial charge in [-0.05, 0) is 57.2 Å². The van der Waals surface area contributed by atoms with Crippen LogP contribution in [0.1, 0.15) is 74.5 Å². The summed E-state index contributed by atoms with van der Waals surface area (Å²) >= 11 is 0. The van der Waals surface area contributed by atoms with Crippen molar-refractivity contribution in [3.8, 4) is 5.75 Å². The van der Waals surface area contributed by atoms with Crippen molar-refractivity contribution in [2.24, 2.45) is 0 Å². The smallest absolute Gasteiger partial charge is 0.276 e. The Morgan fingerprint density at radius 1 is 1.09 bits per heavy atom. The zero-order chi connectivity index (χ0) is 23.4. The number of amides is 2. The molecule has 1 aliphatic carbocycles. The first-order valence-corrected chi connectivity index (χ1v) is 12.2. The van der Waals surface area contributed by atoms with Gasteiger partial charge in [-0.1, -0.05) is 30.2 Å². The molecule has 0 unspecified atom stereocenters. The number of piperidine rings is 1. The molecule has 178 valence electrons. The molecule has 0 bridgehead atoms. The van der Waals surface area contributed by atoms with Crippen LogP contribution in [-0.2, 0) is 10.2 Å². The van der Waals surface area contributed by atoms with Gasteiger partial charge in [-0.15, -0.1) is 5.10 Å². The molecule has 1 aromatic heterocycles. The fourth-order valence-electron chi connectivity index (χ4n) is 5.38. The van der Waals surface area contributed by atoms with Gasteiger partial charge in [0.2, 0.25) is 5.91 Å². The van der Waals surface area contributed by atoms with Gasteiger partial charge in [0, 0.05) is 26.2 Å². The Kier molecular flexibility index (Phi) is 7.00. The number of likely N-dealkylation sites (tertiary alicyclic amines) is 1. The van der Waals surface area contributed by atoms with E-state index in [0.717, 1.165) is 49.8 Å². The standard InChI is InChI=1S/C25H35N5O3/c1-4-28(5-2)23(31)22-18-30(27-26-22)20-12-16-29(17-13-20)24(32)25(14-6-7-15-25)19-8-10-21(33-3)11-9-19/h8-11,18,20H,4-7,12-17H2,1-3H3. The number of rotatable bonds is 7. The summed E-state index contributed by atoms with van der Waals surface area (Å²) in [5.74, 6) is 0.980. The molecular weight excluding hydrogens is 418 g/mol. The quantitative estimate of drug-likeness (QED) is 0.642. The number of aromatic nitrogens is 3. The summed E-state index contributed by atoms with van der Waals surface area (Å²) in [6.07, 6.45) is 7.35. The normalized spacial score (nSPS) is 18.3. The molecule has 1 saturated heterocycles. The van der Waals surface area contributed by atoms with Crippen molar-refractivity contribution in [1.29, 1.82) is 0 Å². The maximum Gasteiger partial charge on any atom is 0.276 e. The number of carbonyl (C=O) groups excluding carboxylic acids is 2. The van der Waals surface area contributed by atoms with Crippen molar-refractivity contribution in [3.05, 3.63) is 41.7 Å². The summed E-state index contributed by atoms with van der Waals surface area (Å²) in [4.78, 5) is 30.1. The zero-order valence-electron chi connectivity index (χ0n) is 20.0. The van der Waals surface area contributed by atoms with Crippen LogP contribution in [0, 0.1) is 0 Å². The molecule has 0 atom stereocenters. The number of methoxy groups -OCH3 is 1. The second-order valence-corrected chi connectivity index (χ2v) is 9.10. The van der Waals surface area contributed by atoms with Crippen LogP contribution in [-0.4, -0.2) is 69.9 Å². The van der Waals surface area contributed by atoms with Crippen LogP contribution in [0.3, 0.4) is 0 Å². The summed E-state index contributed by atoms with van der Waals surface area (Å²) < 4.78 is 7.12. The molecule has 2 aromatic rings. The SMILES string of the molecule is CCN(CC)C(=O)c1cn(C2CCN(C(=O)C3(c4ccc(OC)cc4)CCCC3)CC2)nn1. The van der Waals surface area contributed by atoms with Gasteiger partial charge in [0.25, 0.3) is 5.91 Å². The molecule has 33 heavy (non-hydrogen) atoms. The molecule has 0 radical (unpaired) electrons. The average Bonchev–Trinajstić information content (AvgIpc) is 3.56. The third-order valence-corrected chi connectivity index (χ3v) is 7.41. The van der Waals surface area contributed by atoms with Crippen LogP contribution in [0.2, 0.25) is 0 Å². The van der Waals surface area contributed by atoms with E-state index in [2.05, 4.69) is 22.4 Å². The van der Waals surface area contributed by atoms with Crippen LogP contribution >= 0.6 is 0 Å². The number of hydrogen-bond acceptors (Lipinski definition) is 5. The molecule has 0 spiro atoms. The van der Waals surface area contributed by atoms with Crippen LogP contribution in [0.4, 0.5) is 0 Å². The van der Waals surface area contributed by atoms with E-state index in [4.69, 9.17) is 4.74 Å². The highest BCUT2D eigenvalue weighted by Crippen LogP contribution is 2.43. The van der Waals surface area contributed by atoms with Gasteiger partial charge in [0.1, 0.15) is 5.75 Å². The van der Waals surface area contributed by atoms with Crippen molar-refractivity contribution in [2.75, 3.05) is 33.3 Å². The highest BCUT2D eigenvalue weighted by molar-refractivity contribution is 5.92. The minimum Gasteiger partial charge on any atom is -0.497 e. The van der Waals surface area contributed by atoms with Crippen molar-refractivity contribution >= 4 is 11.8 Å². The molecule has 8 nitrogen and oxygen atoms in total. The Labute approximate surface area is 195 Å². The predicted molar refractivity (Wildman–Crippen MR) is 125 cm³/mol. The molecule has 1 aliphatic heterocycles. The Morgan fingerprint density at radius 2 is 1.73 bits per heavy atom. The summed E-state index contributed by atoms with van der Waals surface area (Å²) in [5, 5.41) is 8.36. The molecule has 2 fully saturated rings. The van der Waals surface area contributed by atoms with Crippen LogP contribution < -0.4 is 4.74 Å². The van der Waals surface area contributed by atoms with Gasteiger partial charge < -0.3 is 14.5 Å². The third-order valence-electron chi connectivity index (χ3n) is 7.41. The van der Waals surface area contributed by atoms with E-state index in [1.165, 1.54) is 0 Å². The largest absolute Gasteiger partial charge is 0.497 e. The van der Waals surface area contributed by atoms with E-state index in [1.54, 1.807) is 18.2 Å². The van der Waals surface area contributed by atoms with Gasteiger partial charge in [-0.3, -0.25) is 9.59 Å². The van der Waals surface area contributed by atoms with Crippen LogP contribution in [0.5, 0.6) is 5.75 Å². The van der Waals surface area contributed by atoms with Gasteiger partial charge in [0.15, 0.2) is 5.69 Å². The van der Waals surface area contributed by atoms with E-state index < -0.39 is 5.41 Å². The summed E-state index contributed by atoms with van der Waals surface area (Å²) in [6.45, 7) is 6.61. The van der Waals surface area contributed by atoms with Crippen molar-refractivity contribution in [1.82, 2.24) is 24.8 Å². The fraction of sp³-hybridized carbons (Fsp3) is 0.600. The summed E-state index contributed by atoms with van der Waals surface area (Å²) in [5.41, 5.74) is 1.07. The Bertz CT molecular complexity index is 953. The Balaban J connectivity index is 1.43. The molecule has 8 heteroatoms. The highest BCUT2D eigenvalue weighted by atomic mass is 16.5. The van der Waals surface area contributed by atoms with Gasteiger partial charge in [-0.2, -0.15) is 0 Å². The lowest BCUT2D eigenvalue weighted by atomic mass is 9.77. The summed E-state index contributed by atoms with van der Waals surface area (Å²) in [6, 6.07) is 8.17.